The molecule has 0 aromatic heterocycles. The zero-order valence-electron chi connectivity index (χ0n) is 16.7. The molecule has 0 spiro atoms. The van der Waals surface area contributed by atoms with Crippen LogP contribution in [-0.2, 0) is 14.3 Å². The zero-order chi connectivity index (χ0) is 20.9. The summed E-state index contributed by atoms with van der Waals surface area (Å²) in [5, 5.41) is 0. The molecule has 1 heterocycles. The van der Waals surface area contributed by atoms with Gasteiger partial charge in [-0.2, -0.15) is 0 Å². The number of carbonyl (C=O) groups is 2. The van der Waals surface area contributed by atoms with E-state index in [1.54, 1.807) is 20.8 Å². The van der Waals surface area contributed by atoms with Crippen molar-refractivity contribution in [2.45, 2.75) is 57.3 Å². The van der Waals surface area contributed by atoms with E-state index in [-0.39, 0.29) is 12.6 Å². The molecule has 6 nitrogen and oxygen atoms in total. The van der Waals surface area contributed by atoms with Gasteiger partial charge in [0.05, 0.1) is 13.7 Å². The van der Waals surface area contributed by atoms with Crippen LogP contribution in [0.25, 0.3) is 0 Å². The Morgan fingerprint density at radius 2 is 2.07 bits per heavy atom. The highest BCUT2D eigenvalue weighted by Crippen LogP contribution is 2.38. The molecule has 1 saturated heterocycles. The van der Waals surface area contributed by atoms with E-state index in [4.69, 9.17) is 25.8 Å². The van der Waals surface area contributed by atoms with Crippen LogP contribution in [-0.4, -0.2) is 53.7 Å². The van der Waals surface area contributed by atoms with Gasteiger partial charge < -0.3 is 14.2 Å². The molecule has 0 N–H and O–H groups in total. The van der Waals surface area contributed by atoms with Gasteiger partial charge in [-0.3, -0.25) is 4.90 Å². The molecule has 0 bridgehead atoms. The number of ether oxygens (including phenoxy) is 3. The molecule has 0 unspecified atom stereocenters. The highest BCUT2D eigenvalue weighted by molar-refractivity contribution is 14.1. The van der Waals surface area contributed by atoms with Gasteiger partial charge in [0.1, 0.15) is 23.0 Å². The fourth-order valence-electron chi connectivity index (χ4n) is 3.39. The molecule has 1 aliphatic rings. The molecule has 1 aromatic carbocycles. The van der Waals surface area contributed by atoms with Crippen molar-refractivity contribution in [3.05, 3.63) is 27.8 Å². The number of nitrogens with zero attached hydrogens (tertiary/aromatic N) is 1. The average Bonchev–Trinajstić information content (AvgIpc) is 2.97. The third-order valence-corrected chi connectivity index (χ3v) is 5.41. The number of hydrogen-bond acceptors (Lipinski definition) is 5. The number of methoxy groups -OCH3 is 1. The van der Waals surface area contributed by atoms with Crippen molar-refractivity contribution >= 4 is 46.3 Å². The number of benzene rings is 1. The third-order valence-electron chi connectivity index (χ3n) is 4.47. The average molecular weight is 524 g/mol. The van der Waals surface area contributed by atoms with Crippen LogP contribution in [0, 0.1) is 3.57 Å². The lowest BCUT2D eigenvalue weighted by molar-refractivity contribution is -0.153. The van der Waals surface area contributed by atoms with E-state index in [2.05, 4.69) is 22.6 Å². The Morgan fingerprint density at radius 1 is 1.36 bits per heavy atom. The maximum atomic E-state index is 12.9. The maximum Gasteiger partial charge on any atom is 0.411 e. The minimum atomic E-state index is -1.15. The van der Waals surface area contributed by atoms with Crippen molar-refractivity contribution in [2.75, 3.05) is 19.5 Å². The second-order valence-corrected chi connectivity index (χ2v) is 9.43. The van der Waals surface area contributed by atoms with E-state index >= 15 is 0 Å². The summed E-state index contributed by atoms with van der Waals surface area (Å²) in [6.07, 6.45) is 0.350. The number of alkyl halides is 1. The largest absolute Gasteiger partial charge is 0.488 e. The summed E-state index contributed by atoms with van der Waals surface area (Å²) >= 11 is 8.10. The van der Waals surface area contributed by atoms with Crippen LogP contribution in [0.3, 0.4) is 0 Å². The van der Waals surface area contributed by atoms with E-state index < -0.39 is 23.2 Å². The highest BCUT2D eigenvalue weighted by atomic mass is 127. The Bertz CT molecular complexity index is 708. The molecule has 1 aromatic rings. The molecule has 0 radical (unpaired) electrons. The minimum absolute atomic E-state index is 0.234. The number of hydrogen-bond donors (Lipinski definition) is 0. The van der Waals surface area contributed by atoms with Crippen molar-refractivity contribution in [1.29, 1.82) is 0 Å². The molecule has 1 fully saturated rings. The monoisotopic (exact) mass is 523 g/mol. The minimum Gasteiger partial charge on any atom is -0.488 e. The summed E-state index contributed by atoms with van der Waals surface area (Å²) in [5.41, 5.74) is -1.83. The lowest BCUT2D eigenvalue weighted by atomic mass is 9.90. The van der Waals surface area contributed by atoms with Crippen molar-refractivity contribution in [3.63, 3.8) is 0 Å². The number of amides is 1. The Balaban J connectivity index is 2.33. The second kappa shape index (κ2) is 9.52. The van der Waals surface area contributed by atoms with Gasteiger partial charge in [0.15, 0.2) is 0 Å². The fourth-order valence-corrected chi connectivity index (χ4v) is 4.04. The molecule has 2 rings (SSSR count). The first-order valence-corrected chi connectivity index (χ1v) is 10.8. The van der Waals surface area contributed by atoms with Crippen molar-refractivity contribution in [3.8, 4) is 5.75 Å². The van der Waals surface area contributed by atoms with E-state index in [0.29, 0.717) is 30.9 Å². The van der Waals surface area contributed by atoms with E-state index in [0.717, 1.165) is 3.57 Å². The van der Waals surface area contributed by atoms with Gasteiger partial charge in [-0.25, -0.2) is 9.59 Å². The summed E-state index contributed by atoms with van der Waals surface area (Å²) in [6.45, 7) is 5.61. The lowest BCUT2D eigenvalue weighted by Crippen LogP contribution is -2.54. The van der Waals surface area contributed by atoms with Crippen LogP contribution >= 0.6 is 34.2 Å². The van der Waals surface area contributed by atoms with Gasteiger partial charge in [-0.15, -0.1) is 11.6 Å². The molecule has 0 saturated carbocycles. The summed E-state index contributed by atoms with van der Waals surface area (Å²) < 4.78 is 17.8. The van der Waals surface area contributed by atoms with Gasteiger partial charge in [-0.1, -0.05) is 6.07 Å². The normalized spacial score (nSPS) is 22.1. The topological polar surface area (TPSA) is 65.1 Å². The number of carbonyl (C=O) groups excluding carboxylic acids is 2. The fraction of sp³-hybridized carbons (Fsp3) is 0.600. The van der Waals surface area contributed by atoms with Gasteiger partial charge in [-0.05, 0) is 74.4 Å². The third kappa shape index (κ3) is 5.65. The summed E-state index contributed by atoms with van der Waals surface area (Å²) in [5.74, 6) is 0.597. The maximum absolute atomic E-state index is 12.9. The van der Waals surface area contributed by atoms with Gasteiger partial charge in [0, 0.05) is 15.9 Å². The van der Waals surface area contributed by atoms with Gasteiger partial charge >= 0.3 is 12.1 Å². The number of halogens is 2. The quantitative estimate of drug-likeness (QED) is 0.310. The lowest BCUT2D eigenvalue weighted by Gasteiger charge is -2.36. The van der Waals surface area contributed by atoms with E-state index in [1.165, 1.54) is 12.0 Å². The first-order chi connectivity index (χ1) is 13.1. The van der Waals surface area contributed by atoms with Gasteiger partial charge in [0.25, 0.3) is 0 Å². The van der Waals surface area contributed by atoms with Crippen LogP contribution in [0.5, 0.6) is 5.75 Å². The van der Waals surface area contributed by atoms with Gasteiger partial charge in [0.2, 0.25) is 0 Å². The Kier molecular flexibility index (Phi) is 7.84. The standard InChI is InChI=1S/C20H27ClINO5/c1-19(2,3)28-18(25)23-13-16(27-15-8-5-7-14(22)11-15)12-20(23,9-6-10-21)17(24)26-4/h5,7-8,11,16H,6,9-10,12-13H2,1-4H3/t16-,20-/m0/s1. The number of rotatable bonds is 6. The van der Waals surface area contributed by atoms with E-state index in [1.807, 2.05) is 24.3 Å². The highest BCUT2D eigenvalue weighted by Gasteiger charge is 2.55. The van der Waals surface area contributed by atoms with E-state index in [9.17, 15) is 9.59 Å². The van der Waals surface area contributed by atoms with Crippen LogP contribution in [0.1, 0.15) is 40.0 Å². The molecule has 1 aliphatic heterocycles. The predicted octanol–water partition coefficient (Wildman–Crippen LogP) is 4.61. The van der Waals surface area contributed by atoms with Crippen LogP contribution < -0.4 is 4.74 Å². The first kappa shape index (κ1) is 23.1. The zero-order valence-corrected chi connectivity index (χ0v) is 19.6. The molecular weight excluding hydrogens is 497 g/mol. The van der Waals surface area contributed by atoms with Crippen LogP contribution in [0.2, 0.25) is 0 Å². The molecular formula is C20H27ClINO5. The second-order valence-electron chi connectivity index (χ2n) is 7.81. The SMILES string of the molecule is COC(=O)[C@]1(CCCCl)C[C@H](Oc2cccc(I)c2)CN1C(=O)OC(C)(C)C. The first-order valence-electron chi connectivity index (χ1n) is 9.18. The van der Waals surface area contributed by atoms with Crippen molar-refractivity contribution in [2.24, 2.45) is 0 Å². The smallest absolute Gasteiger partial charge is 0.411 e. The molecule has 1 amide bonds. The predicted molar refractivity (Wildman–Crippen MR) is 116 cm³/mol. The summed E-state index contributed by atoms with van der Waals surface area (Å²) in [7, 11) is 1.33. The molecule has 8 heteroatoms. The molecule has 156 valence electrons. The summed E-state index contributed by atoms with van der Waals surface area (Å²) in [4.78, 5) is 27.2. The Morgan fingerprint density at radius 3 is 2.64 bits per heavy atom. The summed E-state index contributed by atoms with van der Waals surface area (Å²) in [6, 6.07) is 7.64. The molecule has 28 heavy (non-hydrogen) atoms. The Labute approximate surface area is 185 Å². The Hall–Kier alpha value is -1.22. The molecule has 2 atom stereocenters. The van der Waals surface area contributed by atoms with Crippen LogP contribution in [0.4, 0.5) is 4.79 Å². The molecule has 0 aliphatic carbocycles. The van der Waals surface area contributed by atoms with Crippen molar-refractivity contribution in [1.82, 2.24) is 4.90 Å². The van der Waals surface area contributed by atoms with Crippen LogP contribution in [0.15, 0.2) is 24.3 Å². The van der Waals surface area contributed by atoms with Crippen molar-refractivity contribution < 1.29 is 23.8 Å². The number of likely N-dealkylation sites (tertiary alicyclic amines) is 1. The number of esters is 1.